The van der Waals surface area contributed by atoms with Gasteiger partial charge in [-0.25, -0.2) is 13.1 Å². The number of nitrogens with one attached hydrogen (secondary N) is 1. The molecule has 1 atom stereocenters. The SMILES string of the molecule is COC(=O)CCC(O)c1ccc(CCNS(=O)(=O)c2cc(Cl)c(Cl)cc2Cl)n1C. The zero-order valence-corrected chi connectivity index (χ0v) is 18.9. The molecular formula is C18H21Cl3N2O5S. The molecule has 0 bridgehead atoms. The first-order valence-electron chi connectivity index (χ1n) is 8.60. The van der Waals surface area contributed by atoms with Gasteiger partial charge in [-0.05, 0) is 30.7 Å². The Hall–Kier alpha value is -1.29. The van der Waals surface area contributed by atoms with E-state index in [0.29, 0.717) is 12.1 Å². The molecule has 1 heterocycles. The molecule has 0 saturated heterocycles. The zero-order chi connectivity index (χ0) is 21.8. The number of hydrogen-bond acceptors (Lipinski definition) is 5. The van der Waals surface area contributed by atoms with E-state index >= 15 is 0 Å². The Morgan fingerprint density at radius 2 is 1.86 bits per heavy atom. The highest BCUT2D eigenvalue weighted by molar-refractivity contribution is 7.89. The van der Waals surface area contributed by atoms with Crippen LogP contribution in [0.1, 0.15) is 30.3 Å². The van der Waals surface area contributed by atoms with Crippen molar-refractivity contribution in [1.29, 1.82) is 0 Å². The van der Waals surface area contributed by atoms with Gasteiger partial charge in [0, 0.05) is 37.8 Å². The molecule has 0 amide bonds. The summed E-state index contributed by atoms with van der Waals surface area (Å²) in [6, 6.07) is 6.00. The molecule has 160 valence electrons. The molecule has 1 aromatic carbocycles. The smallest absolute Gasteiger partial charge is 0.305 e. The Labute approximate surface area is 184 Å². The predicted octanol–water partition coefficient (Wildman–Crippen LogP) is 3.49. The predicted molar refractivity (Wildman–Crippen MR) is 112 cm³/mol. The van der Waals surface area contributed by atoms with Crippen LogP contribution >= 0.6 is 34.8 Å². The van der Waals surface area contributed by atoms with E-state index in [1.165, 1.54) is 19.2 Å². The van der Waals surface area contributed by atoms with Gasteiger partial charge in [0.25, 0.3) is 0 Å². The maximum Gasteiger partial charge on any atom is 0.305 e. The number of aromatic nitrogens is 1. The summed E-state index contributed by atoms with van der Waals surface area (Å²) >= 11 is 17.7. The zero-order valence-electron chi connectivity index (χ0n) is 15.8. The lowest BCUT2D eigenvalue weighted by Gasteiger charge is -2.14. The van der Waals surface area contributed by atoms with Crippen LogP contribution in [0.5, 0.6) is 0 Å². The monoisotopic (exact) mass is 482 g/mol. The van der Waals surface area contributed by atoms with E-state index in [1.54, 1.807) is 23.7 Å². The van der Waals surface area contributed by atoms with E-state index in [1.807, 2.05) is 0 Å². The van der Waals surface area contributed by atoms with Gasteiger partial charge in [0.15, 0.2) is 0 Å². The van der Waals surface area contributed by atoms with Gasteiger partial charge in [0.2, 0.25) is 10.0 Å². The first kappa shape index (κ1) is 24.0. The number of aliphatic hydroxyl groups excluding tert-OH is 1. The number of carbonyl (C=O) groups is 1. The number of ether oxygens (including phenoxy) is 1. The van der Waals surface area contributed by atoms with Gasteiger partial charge in [-0.3, -0.25) is 4.79 Å². The van der Waals surface area contributed by atoms with Crippen molar-refractivity contribution in [3.05, 3.63) is 50.7 Å². The van der Waals surface area contributed by atoms with Crippen molar-refractivity contribution < 1.29 is 23.1 Å². The molecule has 2 N–H and O–H groups in total. The number of methoxy groups -OCH3 is 1. The number of aliphatic hydroxyl groups is 1. The highest BCUT2D eigenvalue weighted by atomic mass is 35.5. The molecule has 11 heteroatoms. The minimum Gasteiger partial charge on any atom is -0.469 e. The largest absolute Gasteiger partial charge is 0.469 e. The van der Waals surface area contributed by atoms with Crippen LogP contribution in [0.3, 0.4) is 0 Å². The van der Waals surface area contributed by atoms with Gasteiger partial charge in [-0.15, -0.1) is 0 Å². The fourth-order valence-corrected chi connectivity index (χ4v) is 4.79. The normalized spacial score (nSPS) is 12.8. The number of nitrogens with zero attached hydrogens (tertiary/aromatic N) is 1. The minimum absolute atomic E-state index is 0.0261. The number of hydrogen-bond donors (Lipinski definition) is 2. The Balaban J connectivity index is 2.01. The number of benzene rings is 1. The van der Waals surface area contributed by atoms with E-state index in [9.17, 15) is 18.3 Å². The summed E-state index contributed by atoms with van der Waals surface area (Å²) in [7, 11) is -0.825. The van der Waals surface area contributed by atoms with Crippen LogP contribution in [0, 0.1) is 0 Å². The summed E-state index contributed by atoms with van der Waals surface area (Å²) in [6.45, 7) is 0.106. The third-order valence-corrected chi connectivity index (χ3v) is 7.04. The van der Waals surface area contributed by atoms with Gasteiger partial charge in [-0.1, -0.05) is 34.8 Å². The third kappa shape index (κ3) is 6.10. The Bertz CT molecular complexity index is 992. The van der Waals surface area contributed by atoms with Crippen LogP contribution in [0.4, 0.5) is 0 Å². The summed E-state index contributed by atoms with van der Waals surface area (Å²) in [5, 5.41) is 10.5. The Morgan fingerprint density at radius 3 is 2.52 bits per heavy atom. The van der Waals surface area contributed by atoms with Gasteiger partial charge < -0.3 is 14.4 Å². The van der Waals surface area contributed by atoms with Crippen molar-refractivity contribution in [3.63, 3.8) is 0 Å². The van der Waals surface area contributed by atoms with E-state index in [-0.39, 0.29) is 39.3 Å². The maximum absolute atomic E-state index is 12.5. The van der Waals surface area contributed by atoms with Crippen molar-refractivity contribution >= 4 is 50.8 Å². The quantitative estimate of drug-likeness (QED) is 0.420. The van der Waals surface area contributed by atoms with E-state index in [4.69, 9.17) is 34.8 Å². The fourth-order valence-electron chi connectivity index (χ4n) is 2.76. The molecule has 29 heavy (non-hydrogen) atoms. The summed E-state index contributed by atoms with van der Waals surface area (Å²) in [5.74, 6) is -0.395. The molecular weight excluding hydrogens is 463 g/mol. The molecule has 7 nitrogen and oxygen atoms in total. The van der Waals surface area contributed by atoms with Crippen molar-refractivity contribution in [2.75, 3.05) is 13.7 Å². The third-order valence-electron chi connectivity index (χ3n) is 4.39. The lowest BCUT2D eigenvalue weighted by atomic mass is 10.1. The molecule has 0 fully saturated rings. The average molecular weight is 484 g/mol. The Morgan fingerprint density at radius 1 is 1.21 bits per heavy atom. The van der Waals surface area contributed by atoms with Gasteiger partial charge in [-0.2, -0.15) is 0 Å². The van der Waals surface area contributed by atoms with Crippen molar-refractivity contribution in [3.8, 4) is 0 Å². The second-order valence-corrected chi connectivity index (χ2v) is 9.24. The molecule has 1 unspecified atom stereocenters. The van der Waals surface area contributed by atoms with Crippen LogP contribution in [-0.4, -0.2) is 37.7 Å². The standard InChI is InChI=1S/C18H21Cl3N2O5S/c1-23-11(3-4-15(23)16(24)5-6-18(25)28-2)7-8-22-29(26,27)17-10-13(20)12(19)9-14(17)21/h3-4,9-10,16,22,24H,5-8H2,1-2H3. The second kappa shape index (κ2) is 10.1. The molecule has 1 aromatic heterocycles. The van der Waals surface area contributed by atoms with Gasteiger partial charge in [0.05, 0.1) is 28.3 Å². The highest BCUT2D eigenvalue weighted by Gasteiger charge is 2.20. The van der Waals surface area contributed by atoms with Crippen LogP contribution < -0.4 is 4.72 Å². The molecule has 0 radical (unpaired) electrons. The molecule has 0 saturated carbocycles. The first-order valence-corrected chi connectivity index (χ1v) is 11.2. The van der Waals surface area contributed by atoms with Gasteiger partial charge in [0.1, 0.15) is 4.90 Å². The molecule has 0 spiro atoms. The lowest BCUT2D eigenvalue weighted by molar-refractivity contribution is -0.141. The second-order valence-electron chi connectivity index (χ2n) is 6.28. The summed E-state index contributed by atoms with van der Waals surface area (Å²) in [4.78, 5) is 11.1. The molecule has 0 aliphatic heterocycles. The Kier molecular flexibility index (Phi) is 8.39. The number of esters is 1. The number of carbonyl (C=O) groups excluding carboxylic acids is 1. The van der Waals surface area contributed by atoms with E-state index < -0.39 is 22.1 Å². The number of rotatable bonds is 9. The van der Waals surface area contributed by atoms with Crippen molar-refractivity contribution in [2.45, 2.75) is 30.3 Å². The average Bonchev–Trinajstić information content (AvgIpc) is 3.02. The topological polar surface area (TPSA) is 97.6 Å². The van der Waals surface area contributed by atoms with Crippen molar-refractivity contribution in [1.82, 2.24) is 9.29 Å². The number of sulfonamides is 1. The molecule has 0 aliphatic carbocycles. The van der Waals surface area contributed by atoms with Crippen LogP contribution in [-0.2, 0) is 33.0 Å². The minimum atomic E-state index is -3.88. The first-order chi connectivity index (χ1) is 13.6. The molecule has 2 rings (SSSR count). The summed E-state index contributed by atoms with van der Waals surface area (Å²) in [6.07, 6.45) is -0.132. The van der Waals surface area contributed by atoms with Crippen LogP contribution in [0.2, 0.25) is 15.1 Å². The maximum atomic E-state index is 12.5. The molecule has 2 aromatic rings. The fraction of sp³-hybridized carbons (Fsp3) is 0.389. The highest BCUT2D eigenvalue weighted by Crippen LogP contribution is 2.31. The summed E-state index contributed by atoms with van der Waals surface area (Å²) in [5.41, 5.74) is 1.43. The van der Waals surface area contributed by atoms with Crippen LogP contribution in [0.25, 0.3) is 0 Å². The lowest BCUT2D eigenvalue weighted by Crippen LogP contribution is -2.26. The van der Waals surface area contributed by atoms with E-state index in [2.05, 4.69) is 9.46 Å². The van der Waals surface area contributed by atoms with E-state index in [0.717, 1.165) is 5.69 Å². The van der Waals surface area contributed by atoms with Crippen LogP contribution in [0.15, 0.2) is 29.2 Å². The van der Waals surface area contributed by atoms with Crippen molar-refractivity contribution in [2.24, 2.45) is 7.05 Å². The summed E-state index contributed by atoms with van der Waals surface area (Å²) < 4.78 is 33.8. The molecule has 0 aliphatic rings. The van der Waals surface area contributed by atoms with Gasteiger partial charge >= 0.3 is 5.97 Å². The number of halogens is 3.